The van der Waals surface area contributed by atoms with Crippen molar-refractivity contribution in [3.05, 3.63) is 24.3 Å². The molecule has 2 amide bonds. The minimum Gasteiger partial charge on any atom is -0.461 e. The highest BCUT2D eigenvalue weighted by molar-refractivity contribution is 5.99. The molecule has 5 heterocycles. The Kier molecular flexibility index (Phi) is 6.73. The maximum atomic E-state index is 14.1. The van der Waals surface area contributed by atoms with Crippen molar-refractivity contribution in [2.75, 3.05) is 65.7 Å². The molecule has 0 radical (unpaired) electrons. The fourth-order valence-corrected chi connectivity index (χ4v) is 6.41. The van der Waals surface area contributed by atoms with E-state index in [1.807, 2.05) is 25.2 Å². The number of aliphatic hydroxyl groups excluding tert-OH is 1. The van der Waals surface area contributed by atoms with Gasteiger partial charge in [0.15, 0.2) is 0 Å². The van der Waals surface area contributed by atoms with E-state index in [1.54, 1.807) is 11.0 Å². The van der Waals surface area contributed by atoms with Gasteiger partial charge >= 0.3 is 5.97 Å². The van der Waals surface area contributed by atoms with Gasteiger partial charge in [0.1, 0.15) is 29.8 Å². The Bertz CT molecular complexity index is 917. The van der Waals surface area contributed by atoms with Gasteiger partial charge in [0, 0.05) is 45.9 Å². The van der Waals surface area contributed by atoms with Crippen molar-refractivity contribution in [2.45, 2.75) is 37.0 Å². The molecule has 10 nitrogen and oxygen atoms in total. The lowest BCUT2D eigenvalue weighted by Crippen LogP contribution is -2.57. The van der Waals surface area contributed by atoms with Crippen molar-refractivity contribution in [3.8, 4) is 0 Å². The Hall–Kier alpha value is -2.27. The first-order valence-corrected chi connectivity index (χ1v) is 12.7. The van der Waals surface area contributed by atoms with Crippen molar-refractivity contribution >= 4 is 17.8 Å². The van der Waals surface area contributed by atoms with Crippen molar-refractivity contribution in [1.29, 1.82) is 0 Å². The van der Waals surface area contributed by atoms with E-state index in [0.29, 0.717) is 45.7 Å². The number of ether oxygens (including phenoxy) is 3. The molecule has 10 heteroatoms. The van der Waals surface area contributed by atoms with Gasteiger partial charge in [0.05, 0.1) is 19.1 Å². The van der Waals surface area contributed by atoms with Gasteiger partial charge < -0.3 is 29.1 Å². The predicted molar refractivity (Wildman–Crippen MR) is 124 cm³/mol. The molecule has 5 atom stereocenters. The topological polar surface area (TPSA) is 109 Å². The number of amides is 2. The summed E-state index contributed by atoms with van der Waals surface area (Å²) in [5, 5.41) is 9.48. The summed E-state index contributed by atoms with van der Waals surface area (Å²) in [6, 6.07) is -0.897. The molecule has 0 aromatic heterocycles. The summed E-state index contributed by atoms with van der Waals surface area (Å²) in [7, 11) is 0. The quantitative estimate of drug-likeness (QED) is 0.379. The first-order valence-electron chi connectivity index (χ1n) is 12.7. The molecule has 1 unspecified atom stereocenters. The van der Waals surface area contributed by atoms with Crippen LogP contribution < -0.4 is 0 Å². The normalized spacial score (nSPS) is 37.1. The van der Waals surface area contributed by atoms with E-state index in [9.17, 15) is 19.5 Å². The highest BCUT2D eigenvalue weighted by Gasteiger charge is 2.75. The number of rotatable bonds is 7. The van der Waals surface area contributed by atoms with Crippen LogP contribution in [0.15, 0.2) is 24.3 Å². The lowest BCUT2D eigenvalue weighted by molar-refractivity contribution is -0.159. The van der Waals surface area contributed by atoms with Crippen LogP contribution in [0.4, 0.5) is 0 Å². The number of morpholine rings is 1. The third kappa shape index (κ3) is 3.91. The minimum atomic E-state index is -1.27. The van der Waals surface area contributed by atoms with Crippen LogP contribution in [0.1, 0.15) is 19.8 Å². The summed E-state index contributed by atoms with van der Waals surface area (Å²) in [5.41, 5.74) is -2.28. The Balaban J connectivity index is 1.50. The molecule has 35 heavy (non-hydrogen) atoms. The van der Waals surface area contributed by atoms with Gasteiger partial charge in [0.25, 0.3) is 0 Å². The first-order chi connectivity index (χ1) is 17.0. The van der Waals surface area contributed by atoms with Crippen LogP contribution in [-0.4, -0.2) is 121 Å². The van der Waals surface area contributed by atoms with E-state index >= 15 is 0 Å². The van der Waals surface area contributed by atoms with Crippen molar-refractivity contribution < 1.29 is 33.7 Å². The van der Waals surface area contributed by atoms with Crippen molar-refractivity contribution in [3.63, 3.8) is 0 Å². The number of likely N-dealkylation sites (tertiary alicyclic amines) is 1. The molecular formula is C25H35N3O7. The Labute approximate surface area is 205 Å². The second kappa shape index (κ2) is 9.65. The Morgan fingerprint density at radius 3 is 2.57 bits per heavy atom. The lowest BCUT2D eigenvalue weighted by atomic mass is 9.73. The van der Waals surface area contributed by atoms with Crippen LogP contribution in [0.3, 0.4) is 0 Å². The number of hydrogen-bond donors (Lipinski definition) is 1. The summed E-state index contributed by atoms with van der Waals surface area (Å²) in [4.78, 5) is 46.7. The maximum absolute atomic E-state index is 14.1. The van der Waals surface area contributed by atoms with E-state index in [2.05, 4.69) is 4.90 Å². The van der Waals surface area contributed by atoms with Crippen molar-refractivity contribution in [1.82, 2.24) is 14.7 Å². The van der Waals surface area contributed by atoms with Gasteiger partial charge in [-0.1, -0.05) is 25.2 Å². The number of cyclic esters (lactones) is 1. The SMILES string of the molecule is CC[C@@]12C=CCOC(=O)[C@@H]1[C@H]1C(=O)N(CCCO)C3C(=O)N(CCN4CCOCC4)CC=C[C@@]31O2. The zero-order valence-corrected chi connectivity index (χ0v) is 20.3. The van der Waals surface area contributed by atoms with Gasteiger partial charge in [-0.05, 0) is 18.9 Å². The first kappa shape index (κ1) is 24.4. The van der Waals surface area contributed by atoms with Gasteiger partial charge in [-0.2, -0.15) is 0 Å². The molecule has 0 aromatic rings. The molecule has 5 aliphatic heterocycles. The second-order valence-corrected chi connectivity index (χ2v) is 9.90. The third-order valence-corrected chi connectivity index (χ3v) is 8.13. The van der Waals surface area contributed by atoms with E-state index in [0.717, 1.165) is 13.1 Å². The van der Waals surface area contributed by atoms with Gasteiger partial charge in [-0.15, -0.1) is 0 Å². The van der Waals surface area contributed by atoms with Crippen LogP contribution in [0.5, 0.6) is 0 Å². The number of aliphatic hydroxyl groups is 1. The number of carbonyl (C=O) groups is 3. The molecule has 3 fully saturated rings. The molecule has 0 aliphatic carbocycles. The average molecular weight is 490 g/mol. The molecule has 1 spiro atoms. The van der Waals surface area contributed by atoms with Crippen molar-refractivity contribution in [2.24, 2.45) is 11.8 Å². The van der Waals surface area contributed by atoms with Crippen LogP contribution in [-0.2, 0) is 28.6 Å². The molecule has 3 saturated heterocycles. The van der Waals surface area contributed by atoms with Crippen LogP contribution >= 0.6 is 0 Å². The zero-order valence-electron chi connectivity index (χ0n) is 20.3. The van der Waals surface area contributed by atoms with E-state index in [1.165, 1.54) is 4.90 Å². The summed E-state index contributed by atoms with van der Waals surface area (Å²) in [6.07, 6.45) is 8.16. The number of hydrogen-bond acceptors (Lipinski definition) is 8. The molecule has 0 aromatic carbocycles. The van der Waals surface area contributed by atoms with E-state index in [4.69, 9.17) is 14.2 Å². The summed E-state index contributed by atoms with van der Waals surface area (Å²) >= 11 is 0. The molecule has 5 aliphatic rings. The highest BCUT2D eigenvalue weighted by atomic mass is 16.6. The smallest absolute Gasteiger partial charge is 0.313 e. The fraction of sp³-hybridized carbons (Fsp3) is 0.720. The second-order valence-electron chi connectivity index (χ2n) is 9.90. The van der Waals surface area contributed by atoms with Crippen LogP contribution in [0.25, 0.3) is 0 Å². The monoisotopic (exact) mass is 489 g/mol. The van der Waals surface area contributed by atoms with Gasteiger partial charge in [-0.3, -0.25) is 19.3 Å². The zero-order chi connectivity index (χ0) is 24.6. The molecule has 192 valence electrons. The molecule has 0 saturated carbocycles. The molecule has 5 rings (SSSR count). The van der Waals surface area contributed by atoms with Gasteiger partial charge in [0.2, 0.25) is 11.8 Å². The average Bonchev–Trinajstić information content (AvgIpc) is 3.14. The van der Waals surface area contributed by atoms with E-state index in [-0.39, 0.29) is 31.6 Å². The molecule has 0 bridgehead atoms. The molecule has 1 N–H and O–H groups in total. The Morgan fingerprint density at radius 1 is 1.03 bits per heavy atom. The van der Waals surface area contributed by atoms with Crippen LogP contribution in [0, 0.1) is 11.8 Å². The highest BCUT2D eigenvalue weighted by Crippen LogP contribution is 2.58. The summed E-state index contributed by atoms with van der Waals surface area (Å²) in [5.74, 6) is -2.64. The summed E-state index contributed by atoms with van der Waals surface area (Å²) < 4.78 is 17.6. The van der Waals surface area contributed by atoms with Gasteiger partial charge in [-0.25, -0.2) is 0 Å². The third-order valence-electron chi connectivity index (χ3n) is 8.13. The fourth-order valence-electron chi connectivity index (χ4n) is 6.41. The number of nitrogens with zero attached hydrogens (tertiary/aromatic N) is 3. The number of fused-ring (bicyclic) bond motifs is 2. The predicted octanol–water partition coefficient (Wildman–Crippen LogP) is -0.427. The molecular weight excluding hydrogens is 454 g/mol. The maximum Gasteiger partial charge on any atom is 0.313 e. The minimum absolute atomic E-state index is 0.104. The standard InChI is InChI=1S/C25H35N3O7/c1-2-24-6-4-15-34-23(32)19(24)18-21(30)28(9-5-14-29)20-22(31)27(8-3-7-25(18,20)35-24)11-10-26-12-16-33-17-13-26/h3-4,6-7,18-20,29H,2,5,8-17H2,1H3/t18-,19-,20?,24+,25-/m0/s1. The van der Waals surface area contributed by atoms with E-state index < -0.39 is 35.0 Å². The van der Waals surface area contributed by atoms with Crippen LogP contribution in [0.2, 0.25) is 0 Å². The number of carbonyl (C=O) groups excluding carboxylic acids is 3. The lowest BCUT2D eigenvalue weighted by Gasteiger charge is -2.38. The largest absolute Gasteiger partial charge is 0.461 e. The number of esters is 1. The Morgan fingerprint density at radius 2 is 1.83 bits per heavy atom. The summed E-state index contributed by atoms with van der Waals surface area (Å²) in [6.45, 7) is 6.83.